The van der Waals surface area contributed by atoms with Crippen LogP contribution in [0.2, 0.25) is 0 Å². The molecule has 0 bridgehead atoms. The second-order valence-corrected chi connectivity index (χ2v) is 8.67. The number of hydrogen-bond donors (Lipinski definition) is 2. The number of hydrogen-bond acceptors (Lipinski definition) is 5. The zero-order valence-electron chi connectivity index (χ0n) is 19.7. The first-order valence-corrected chi connectivity index (χ1v) is 11.7. The highest BCUT2D eigenvalue weighted by Gasteiger charge is 2.23. The molecule has 0 aromatic heterocycles. The lowest BCUT2D eigenvalue weighted by molar-refractivity contribution is -0.128. The van der Waals surface area contributed by atoms with Gasteiger partial charge in [-0.25, -0.2) is 8.78 Å². The average molecular weight is 495 g/mol. The molecular weight excluding hydrogens is 466 g/mol. The quantitative estimate of drug-likeness (QED) is 0.477. The van der Waals surface area contributed by atoms with E-state index in [1.807, 2.05) is 4.90 Å². The van der Waals surface area contributed by atoms with E-state index in [1.54, 1.807) is 36.4 Å². The van der Waals surface area contributed by atoms with Gasteiger partial charge in [-0.15, -0.1) is 0 Å². The van der Waals surface area contributed by atoms with Gasteiger partial charge < -0.3 is 20.7 Å². The number of benzene rings is 3. The largest absolute Gasteiger partial charge is 0.457 e. The van der Waals surface area contributed by atoms with Crippen LogP contribution in [-0.4, -0.2) is 55.5 Å². The van der Waals surface area contributed by atoms with E-state index in [0.29, 0.717) is 37.7 Å². The average Bonchev–Trinajstić information content (AvgIpc) is 2.87. The normalized spacial score (nSPS) is 14.8. The van der Waals surface area contributed by atoms with Gasteiger partial charge >= 0.3 is 0 Å². The minimum absolute atomic E-state index is 0.158. The Morgan fingerprint density at radius 1 is 0.833 bits per heavy atom. The summed E-state index contributed by atoms with van der Waals surface area (Å²) in [6.45, 7) is 2.92. The number of piperazine rings is 1. The van der Waals surface area contributed by atoms with Crippen molar-refractivity contribution in [1.29, 1.82) is 0 Å². The molecule has 4 rings (SSSR count). The molecule has 1 aliphatic rings. The summed E-state index contributed by atoms with van der Waals surface area (Å²) in [5, 5.41) is 2.74. The summed E-state index contributed by atoms with van der Waals surface area (Å²) < 4.78 is 31.9. The summed E-state index contributed by atoms with van der Waals surface area (Å²) in [5.74, 6) is -0.437. The van der Waals surface area contributed by atoms with Crippen LogP contribution in [0.3, 0.4) is 0 Å². The van der Waals surface area contributed by atoms with Gasteiger partial charge in [0.1, 0.15) is 29.2 Å². The van der Waals surface area contributed by atoms with E-state index in [-0.39, 0.29) is 30.5 Å². The van der Waals surface area contributed by atoms with Gasteiger partial charge in [-0.05, 0) is 66.2 Å². The summed E-state index contributed by atoms with van der Waals surface area (Å²) >= 11 is 0. The third kappa shape index (κ3) is 7.02. The van der Waals surface area contributed by atoms with Crippen LogP contribution in [0.4, 0.5) is 14.5 Å². The molecule has 0 spiro atoms. The lowest BCUT2D eigenvalue weighted by Gasteiger charge is -2.35. The van der Waals surface area contributed by atoms with Crippen molar-refractivity contribution < 1.29 is 23.1 Å². The smallest absolute Gasteiger partial charge is 0.240 e. The molecule has 36 heavy (non-hydrogen) atoms. The molecule has 188 valence electrons. The third-order valence-corrected chi connectivity index (χ3v) is 6.02. The second-order valence-electron chi connectivity index (χ2n) is 8.67. The van der Waals surface area contributed by atoms with Gasteiger partial charge in [-0.1, -0.05) is 12.1 Å². The van der Waals surface area contributed by atoms with E-state index in [4.69, 9.17) is 10.5 Å². The number of carbonyl (C=O) groups is 2. The van der Waals surface area contributed by atoms with Gasteiger partial charge in [-0.2, -0.15) is 0 Å². The maximum Gasteiger partial charge on any atom is 0.240 e. The van der Waals surface area contributed by atoms with Crippen LogP contribution in [0.25, 0.3) is 0 Å². The van der Waals surface area contributed by atoms with Crippen molar-refractivity contribution in [2.24, 2.45) is 5.73 Å². The van der Waals surface area contributed by atoms with Crippen LogP contribution in [0.1, 0.15) is 5.56 Å². The fourth-order valence-electron chi connectivity index (χ4n) is 4.05. The summed E-state index contributed by atoms with van der Waals surface area (Å²) in [7, 11) is 0. The van der Waals surface area contributed by atoms with E-state index < -0.39 is 11.9 Å². The van der Waals surface area contributed by atoms with E-state index in [0.717, 1.165) is 11.3 Å². The second kappa shape index (κ2) is 11.6. The van der Waals surface area contributed by atoms with E-state index >= 15 is 0 Å². The molecule has 3 aromatic carbocycles. The maximum atomic E-state index is 13.1. The van der Waals surface area contributed by atoms with Crippen LogP contribution in [0.15, 0.2) is 72.8 Å². The lowest BCUT2D eigenvalue weighted by atomic mass is 10.1. The Kier molecular flexibility index (Phi) is 8.12. The number of anilines is 1. The molecule has 1 aliphatic heterocycles. The zero-order chi connectivity index (χ0) is 25.5. The summed E-state index contributed by atoms with van der Waals surface area (Å²) in [5.41, 5.74) is 7.30. The first-order valence-electron chi connectivity index (χ1n) is 11.7. The Hall–Kier alpha value is -3.98. The molecule has 3 aromatic rings. The van der Waals surface area contributed by atoms with Crippen LogP contribution in [0.5, 0.6) is 11.5 Å². The molecular formula is C27H28F2N4O3. The molecule has 1 atom stereocenters. The van der Waals surface area contributed by atoms with Crippen molar-refractivity contribution in [3.05, 3.63) is 90.0 Å². The summed E-state index contributed by atoms with van der Waals surface area (Å²) in [6, 6.07) is 18.3. The van der Waals surface area contributed by atoms with Crippen molar-refractivity contribution in [1.82, 2.24) is 10.2 Å². The Morgan fingerprint density at radius 3 is 1.92 bits per heavy atom. The standard InChI is InChI=1S/C27H28F2N4O3/c28-20-3-7-22(8-4-20)33-15-13-32(14-16-33)18-26(34)31-25(27(30)35)17-19-1-9-23(10-2-19)36-24-11-5-21(29)6-12-24/h1-12,25H,13-18H2,(H2,30,35)(H,31,34). The molecule has 0 aliphatic carbocycles. The van der Waals surface area contributed by atoms with Crippen LogP contribution >= 0.6 is 0 Å². The molecule has 1 saturated heterocycles. The van der Waals surface area contributed by atoms with Crippen molar-refractivity contribution >= 4 is 17.5 Å². The Bertz CT molecular complexity index is 1160. The first-order chi connectivity index (χ1) is 17.4. The van der Waals surface area contributed by atoms with Gasteiger partial charge in [0.05, 0.1) is 6.54 Å². The van der Waals surface area contributed by atoms with E-state index in [9.17, 15) is 18.4 Å². The Morgan fingerprint density at radius 2 is 1.36 bits per heavy atom. The number of rotatable bonds is 9. The maximum absolute atomic E-state index is 13.1. The summed E-state index contributed by atoms with van der Waals surface area (Å²) in [4.78, 5) is 28.8. The fraction of sp³-hybridized carbons (Fsp3) is 0.259. The fourth-order valence-corrected chi connectivity index (χ4v) is 4.05. The Labute approximate surface area is 208 Å². The van der Waals surface area contributed by atoms with Gasteiger partial charge in [0, 0.05) is 38.3 Å². The minimum Gasteiger partial charge on any atom is -0.457 e. The molecule has 0 radical (unpaired) electrons. The number of nitrogens with one attached hydrogen (secondary N) is 1. The number of ether oxygens (including phenoxy) is 1. The number of nitrogens with zero attached hydrogens (tertiary/aromatic N) is 2. The monoisotopic (exact) mass is 494 g/mol. The SMILES string of the molecule is NC(=O)C(Cc1ccc(Oc2ccc(F)cc2)cc1)NC(=O)CN1CCN(c2ccc(F)cc2)CC1. The zero-order valence-corrected chi connectivity index (χ0v) is 19.7. The molecule has 1 heterocycles. The molecule has 7 nitrogen and oxygen atoms in total. The molecule has 9 heteroatoms. The molecule has 0 saturated carbocycles. The lowest BCUT2D eigenvalue weighted by Crippen LogP contribution is -2.52. The predicted molar refractivity (Wildman–Crippen MR) is 133 cm³/mol. The van der Waals surface area contributed by atoms with Crippen molar-refractivity contribution in [2.75, 3.05) is 37.6 Å². The molecule has 1 unspecified atom stereocenters. The predicted octanol–water partition coefficient (Wildman–Crippen LogP) is 3.09. The van der Waals surface area contributed by atoms with E-state index in [1.165, 1.54) is 36.4 Å². The highest BCUT2D eigenvalue weighted by Crippen LogP contribution is 2.22. The van der Waals surface area contributed by atoms with Crippen molar-refractivity contribution in [3.8, 4) is 11.5 Å². The Balaban J connectivity index is 1.25. The first kappa shape index (κ1) is 25.1. The van der Waals surface area contributed by atoms with Gasteiger partial charge in [0.2, 0.25) is 11.8 Å². The number of carbonyl (C=O) groups excluding carboxylic acids is 2. The molecule has 1 fully saturated rings. The number of halogens is 2. The highest BCUT2D eigenvalue weighted by atomic mass is 19.1. The third-order valence-electron chi connectivity index (χ3n) is 6.02. The topological polar surface area (TPSA) is 87.9 Å². The van der Waals surface area contributed by atoms with Gasteiger partial charge in [-0.3, -0.25) is 14.5 Å². The molecule has 2 amide bonds. The molecule has 3 N–H and O–H groups in total. The van der Waals surface area contributed by atoms with Gasteiger partial charge in [0.25, 0.3) is 0 Å². The highest BCUT2D eigenvalue weighted by molar-refractivity contribution is 5.87. The van der Waals surface area contributed by atoms with Crippen LogP contribution in [-0.2, 0) is 16.0 Å². The van der Waals surface area contributed by atoms with Crippen LogP contribution in [0, 0.1) is 11.6 Å². The van der Waals surface area contributed by atoms with Gasteiger partial charge in [0.15, 0.2) is 0 Å². The van der Waals surface area contributed by atoms with Crippen molar-refractivity contribution in [3.63, 3.8) is 0 Å². The number of amides is 2. The summed E-state index contributed by atoms with van der Waals surface area (Å²) in [6.07, 6.45) is 0.246. The van der Waals surface area contributed by atoms with Crippen LogP contribution < -0.4 is 20.7 Å². The minimum atomic E-state index is -0.845. The number of nitrogens with two attached hydrogens (primary N) is 1. The van der Waals surface area contributed by atoms with E-state index in [2.05, 4.69) is 10.2 Å². The number of primary amides is 1. The van der Waals surface area contributed by atoms with Crippen molar-refractivity contribution in [2.45, 2.75) is 12.5 Å².